The molecule has 28 heavy (non-hydrogen) atoms. The van der Waals surface area contributed by atoms with E-state index in [2.05, 4.69) is 4.98 Å². The number of thiazole rings is 1. The molecule has 3 aromatic rings. The molecule has 0 spiro atoms. The number of fused-ring (bicyclic) bond motifs is 2. The number of hydrogen-bond acceptors (Lipinski definition) is 6. The molecule has 0 bridgehead atoms. The average molecular weight is 420 g/mol. The van der Waals surface area contributed by atoms with E-state index in [0.717, 1.165) is 25.7 Å². The second-order valence-corrected chi connectivity index (χ2v) is 10.0. The van der Waals surface area contributed by atoms with Crippen molar-refractivity contribution >= 4 is 44.0 Å². The van der Waals surface area contributed by atoms with Crippen molar-refractivity contribution in [3.63, 3.8) is 0 Å². The molecule has 5 nitrogen and oxygen atoms in total. The molecular formula is C20H22FN3O2S2. The number of thiophene rings is 1. The topological polar surface area (TPSA) is 68.5 Å². The maximum atomic E-state index is 13.5. The Bertz CT molecular complexity index is 1070. The number of aromatic nitrogens is 1. The van der Waals surface area contributed by atoms with Crippen LogP contribution in [0.25, 0.3) is 20.8 Å². The van der Waals surface area contributed by atoms with Gasteiger partial charge in [-0.3, -0.25) is 0 Å². The van der Waals surface area contributed by atoms with Gasteiger partial charge < -0.3 is 15.4 Å². The van der Waals surface area contributed by atoms with E-state index < -0.39 is 5.60 Å². The summed E-state index contributed by atoms with van der Waals surface area (Å²) in [5.41, 5.74) is 8.53. The van der Waals surface area contributed by atoms with Crippen molar-refractivity contribution in [3.05, 3.63) is 34.5 Å². The molecule has 8 heteroatoms. The number of halogens is 1. The van der Waals surface area contributed by atoms with Gasteiger partial charge in [0.2, 0.25) is 0 Å². The van der Waals surface area contributed by atoms with Gasteiger partial charge in [-0.1, -0.05) is 0 Å². The molecule has 0 aliphatic carbocycles. The molecule has 1 aromatic carbocycles. The van der Waals surface area contributed by atoms with Crippen LogP contribution in [-0.4, -0.2) is 28.1 Å². The monoisotopic (exact) mass is 419 g/mol. The molecule has 2 aromatic heterocycles. The van der Waals surface area contributed by atoms with Crippen LogP contribution in [0.2, 0.25) is 0 Å². The maximum absolute atomic E-state index is 13.5. The van der Waals surface area contributed by atoms with Crippen molar-refractivity contribution in [3.8, 4) is 10.6 Å². The van der Waals surface area contributed by atoms with Crippen LogP contribution in [0.15, 0.2) is 18.2 Å². The number of amides is 1. The van der Waals surface area contributed by atoms with Crippen LogP contribution in [0.3, 0.4) is 0 Å². The number of benzene rings is 1. The van der Waals surface area contributed by atoms with E-state index >= 15 is 0 Å². The predicted octanol–water partition coefficient (Wildman–Crippen LogP) is 5.60. The maximum Gasteiger partial charge on any atom is 0.410 e. The third-order valence-corrected chi connectivity index (χ3v) is 6.99. The van der Waals surface area contributed by atoms with E-state index in [0.29, 0.717) is 23.5 Å². The normalized spacial score (nSPS) is 17.0. The quantitative estimate of drug-likeness (QED) is 0.557. The largest absolute Gasteiger partial charge is 0.444 e. The fraction of sp³-hybridized carbons (Fsp3) is 0.400. The second kappa shape index (κ2) is 6.70. The molecular weight excluding hydrogens is 397 g/mol. The van der Waals surface area contributed by atoms with Crippen molar-refractivity contribution < 1.29 is 13.9 Å². The first-order valence-corrected chi connectivity index (χ1v) is 10.7. The van der Waals surface area contributed by atoms with Gasteiger partial charge in [-0.05, 0) is 51.8 Å². The highest BCUT2D eigenvalue weighted by atomic mass is 32.1. The molecule has 1 amide bonds. The summed E-state index contributed by atoms with van der Waals surface area (Å²) >= 11 is 3.00. The minimum Gasteiger partial charge on any atom is -0.444 e. The minimum absolute atomic E-state index is 0.119. The number of nitrogen functional groups attached to an aromatic ring is 1. The third-order valence-electron chi connectivity index (χ3n) is 4.71. The molecule has 3 heterocycles. The van der Waals surface area contributed by atoms with Gasteiger partial charge in [0.15, 0.2) is 0 Å². The summed E-state index contributed by atoms with van der Waals surface area (Å²) in [6.07, 6.45) is 0.376. The molecule has 0 saturated heterocycles. The Morgan fingerprint density at radius 3 is 2.82 bits per heavy atom. The SMILES string of the molecule is CC1c2sc(N)c(-c3nc4cc(F)ccc4s3)c2CCN1C(=O)OC(C)(C)C. The third kappa shape index (κ3) is 3.35. The van der Waals surface area contributed by atoms with Gasteiger partial charge in [0.1, 0.15) is 16.4 Å². The van der Waals surface area contributed by atoms with Crippen molar-refractivity contribution in [1.29, 1.82) is 0 Å². The van der Waals surface area contributed by atoms with E-state index in [1.54, 1.807) is 11.0 Å². The first kappa shape index (κ1) is 19.1. The van der Waals surface area contributed by atoms with Crippen LogP contribution >= 0.6 is 22.7 Å². The Morgan fingerprint density at radius 2 is 2.11 bits per heavy atom. The zero-order valence-corrected chi connectivity index (χ0v) is 17.8. The summed E-state index contributed by atoms with van der Waals surface area (Å²) in [7, 11) is 0. The van der Waals surface area contributed by atoms with E-state index in [9.17, 15) is 9.18 Å². The van der Waals surface area contributed by atoms with E-state index in [-0.39, 0.29) is 18.0 Å². The molecule has 148 valence electrons. The van der Waals surface area contributed by atoms with Crippen LogP contribution in [0.1, 0.15) is 44.2 Å². The number of carbonyl (C=O) groups is 1. The molecule has 1 atom stereocenters. The van der Waals surface area contributed by atoms with Crippen molar-refractivity contribution in [2.75, 3.05) is 12.3 Å². The first-order chi connectivity index (χ1) is 13.1. The lowest BCUT2D eigenvalue weighted by atomic mass is 9.99. The summed E-state index contributed by atoms with van der Waals surface area (Å²) < 4.78 is 20.0. The molecule has 1 aliphatic heterocycles. The van der Waals surface area contributed by atoms with Crippen molar-refractivity contribution in [2.45, 2.75) is 45.8 Å². The molecule has 4 rings (SSSR count). The van der Waals surface area contributed by atoms with Gasteiger partial charge in [-0.15, -0.1) is 22.7 Å². The fourth-order valence-corrected chi connectivity index (χ4v) is 5.75. The number of anilines is 1. The van der Waals surface area contributed by atoms with Crippen LogP contribution < -0.4 is 5.73 Å². The lowest BCUT2D eigenvalue weighted by Crippen LogP contribution is -2.41. The van der Waals surface area contributed by atoms with Gasteiger partial charge in [0.25, 0.3) is 0 Å². The smallest absolute Gasteiger partial charge is 0.410 e. The Morgan fingerprint density at radius 1 is 1.36 bits per heavy atom. The standard InChI is InChI=1S/C20H22FN3O2S2/c1-10-16-12(7-8-24(10)19(25)26-20(2,3)4)15(17(22)28-16)18-23-13-9-11(21)5-6-14(13)27-18/h5-6,9-10H,7-8,22H2,1-4H3. The summed E-state index contributed by atoms with van der Waals surface area (Å²) in [4.78, 5) is 20.0. The number of rotatable bonds is 1. The van der Waals surface area contributed by atoms with Crippen LogP contribution in [0.5, 0.6) is 0 Å². The van der Waals surface area contributed by atoms with Gasteiger partial charge in [0.05, 0.1) is 21.3 Å². The van der Waals surface area contributed by atoms with E-state index in [4.69, 9.17) is 10.5 Å². The summed E-state index contributed by atoms with van der Waals surface area (Å²) in [6.45, 7) is 8.15. The molecule has 1 aliphatic rings. The number of ether oxygens (including phenoxy) is 1. The van der Waals surface area contributed by atoms with E-state index in [1.807, 2.05) is 27.7 Å². The molecule has 1 unspecified atom stereocenters. The van der Waals surface area contributed by atoms with Gasteiger partial charge in [-0.25, -0.2) is 14.2 Å². The van der Waals surface area contributed by atoms with Crippen LogP contribution in [-0.2, 0) is 11.2 Å². The van der Waals surface area contributed by atoms with Crippen LogP contribution in [0, 0.1) is 5.82 Å². The van der Waals surface area contributed by atoms with Gasteiger partial charge in [-0.2, -0.15) is 0 Å². The van der Waals surface area contributed by atoms with Gasteiger partial charge in [0, 0.05) is 23.1 Å². The minimum atomic E-state index is -0.535. The molecule has 0 saturated carbocycles. The van der Waals surface area contributed by atoms with Crippen molar-refractivity contribution in [1.82, 2.24) is 9.88 Å². The fourth-order valence-electron chi connectivity index (χ4n) is 3.47. The highest BCUT2D eigenvalue weighted by molar-refractivity contribution is 7.22. The Kier molecular flexibility index (Phi) is 4.58. The summed E-state index contributed by atoms with van der Waals surface area (Å²) in [5.74, 6) is -0.300. The first-order valence-electron chi connectivity index (χ1n) is 9.11. The number of hydrogen-bond donors (Lipinski definition) is 1. The Balaban J connectivity index is 1.70. The zero-order valence-electron chi connectivity index (χ0n) is 16.2. The summed E-state index contributed by atoms with van der Waals surface area (Å²) in [6, 6.07) is 4.51. The zero-order chi connectivity index (χ0) is 20.2. The van der Waals surface area contributed by atoms with Gasteiger partial charge >= 0.3 is 6.09 Å². The Hall–Kier alpha value is -2.19. The van der Waals surface area contributed by atoms with Crippen molar-refractivity contribution in [2.24, 2.45) is 0 Å². The number of nitrogens with zero attached hydrogens (tertiary/aromatic N) is 2. The van der Waals surface area contributed by atoms with E-state index in [1.165, 1.54) is 34.8 Å². The average Bonchev–Trinajstić information content (AvgIpc) is 3.13. The molecule has 2 N–H and O–H groups in total. The lowest BCUT2D eigenvalue weighted by Gasteiger charge is -2.35. The number of nitrogens with two attached hydrogens (primary N) is 1. The van der Waals surface area contributed by atoms with Crippen LogP contribution in [0.4, 0.5) is 14.2 Å². The lowest BCUT2D eigenvalue weighted by molar-refractivity contribution is 0.0164. The molecule has 0 radical (unpaired) electrons. The second-order valence-electron chi connectivity index (χ2n) is 7.91. The Labute approximate surface area is 170 Å². The highest BCUT2D eigenvalue weighted by Crippen LogP contribution is 2.47. The predicted molar refractivity (Wildman–Crippen MR) is 112 cm³/mol. The summed E-state index contributed by atoms with van der Waals surface area (Å²) in [5, 5.41) is 1.48. The molecule has 0 fully saturated rings. The highest BCUT2D eigenvalue weighted by Gasteiger charge is 2.35. The number of carbonyl (C=O) groups excluding carboxylic acids is 1.